The van der Waals surface area contributed by atoms with Crippen molar-refractivity contribution in [3.63, 3.8) is 0 Å². The van der Waals surface area contributed by atoms with Crippen molar-refractivity contribution in [3.05, 3.63) is 22.4 Å². The molecule has 86 valence electrons. The maximum absolute atomic E-state index is 11.8. The molecule has 1 N–H and O–H groups in total. The lowest BCUT2D eigenvalue weighted by Gasteiger charge is -2.11. The standard InChI is InChI=1S/C10H13F3OS/c11-10(12,13)5-3-9(14)2-1-8-4-6-15-7-8/h4,6-7,9,14H,1-3,5H2. The summed E-state index contributed by atoms with van der Waals surface area (Å²) in [6, 6.07) is 1.92. The van der Waals surface area contributed by atoms with Crippen LogP contribution in [0.1, 0.15) is 24.8 Å². The van der Waals surface area contributed by atoms with E-state index in [2.05, 4.69) is 0 Å². The molecular formula is C10H13F3OS. The molecule has 0 spiro atoms. The third-order valence-electron chi connectivity index (χ3n) is 2.11. The molecule has 1 heterocycles. The monoisotopic (exact) mass is 238 g/mol. The number of hydrogen-bond donors (Lipinski definition) is 1. The van der Waals surface area contributed by atoms with Gasteiger partial charge in [0.05, 0.1) is 6.10 Å². The average Bonchev–Trinajstić information content (AvgIpc) is 2.62. The Hall–Kier alpha value is -0.550. The van der Waals surface area contributed by atoms with Crippen molar-refractivity contribution in [2.24, 2.45) is 0 Å². The average molecular weight is 238 g/mol. The van der Waals surface area contributed by atoms with Gasteiger partial charge in [-0.1, -0.05) is 0 Å². The van der Waals surface area contributed by atoms with E-state index in [1.54, 1.807) is 11.3 Å². The van der Waals surface area contributed by atoms with Crippen LogP contribution in [0.3, 0.4) is 0 Å². The van der Waals surface area contributed by atoms with Gasteiger partial charge in [0.2, 0.25) is 0 Å². The molecule has 1 unspecified atom stereocenters. The van der Waals surface area contributed by atoms with Gasteiger partial charge in [0.25, 0.3) is 0 Å². The van der Waals surface area contributed by atoms with Crippen molar-refractivity contribution in [2.45, 2.75) is 38.0 Å². The molecule has 0 fully saturated rings. The minimum atomic E-state index is -4.16. The van der Waals surface area contributed by atoms with Crippen LogP contribution in [-0.4, -0.2) is 17.4 Å². The first-order valence-corrected chi connectivity index (χ1v) is 5.67. The van der Waals surface area contributed by atoms with Gasteiger partial charge in [0.15, 0.2) is 0 Å². The molecule has 0 amide bonds. The van der Waals surface area contributed by atoms with Crippen LogP contribution in [0, 0.1) is 0 Å². The van der Waals surface area contributed by atoms with Gasteiger partial charge in [-0.05, 0) is 41.7 Å². The van der Waals surface area contributed by atoms with Gasteiger partial charge in [-0.15, -0.1) is 0 Å². The van der Waals surface area contributed by atoms with Crippen LogP contribution in [0.4, 0.5) is 13.2 Å². The van der Waals surface area contributed by atoms with Crippen LogP contribution < -0.4 is 0 Å². The number of rotatable bonds is 5. The lowest BCUT2D eigenvalue weighted by Crippen LogP contribution is -2.14. The fraction of sp³-hybridized carbons (Fsp3) is 0.600. The SMILES string of the molecule is OC(CCc1ccsc1)CCC(F)(F)F. The van der Waals surface area contributed by atoms with Gasteiger partial charge in [0.1, 0.15) is 0 Å². The molecule has 15 heavy (non-hydrogen) atoms. The normalized spacial score (nSPS) is 14.1. The fourth-order valence-corrected chi connectivity index (χ4v) is 1.95. The molecule has 1 atom stereocenters. The molecule has 1 aromatic rings. The quantitative estimate of drug-likeness (QED) is 0.833. The number of aryl methyl sites for hydroxylation is 1. The highest BCUT2D eigenvalue weighted by Crippen LogP contribution is 2.23. The molecule has 0 aliphatic heterocycles. The van der Waals surface area contributed by atoms with E-state index < -0.39 is 18.7 Å². The summed E-state index contributed by atoms with van der Waals surface area (Å²) >= 11 is 1.55. The second-order valence-electron chi connectivity index (χ2n) is 3.48. The van der Waals surface area contributed by atoms with Crippen LogP contribution in [0.5, 0.6) is 0 Å². The lowest BCUT2D eigenvalue weighted by atomic mass is 10.1. The summed E-state index contributed by atoms with van der Waals surface area (Å²) in [6.07, 6.45) is -5.09. The van der Waals surface area contributed by atoms with E-state index in [1.165, 1.54) is 0 Å². The fourth-order valence-electron chi connectivity index (χ4n) is 1.24. The third-order valence-corrected chi connectivity index (χ3v) is 2.84. The maximum atomic E-state index is 11.8. The highest BCUT2D eigenvalue weighted by molar-refractivity contribution is 7.07. The molecule has 0 aliphatic carbocycles. The van der Waals surface area contributed by atoms with Crippen LogP contribution in [0.25, 0.3) is 0 Å². The minimum absolute atomic E-state index is 0.201. The third kappa shape index (κ3) is 5.79. The van der Waals surface area contributed by atoms with Gasteiger partial charge in [-0.2, -0.15) is 24.5 Å². The first kappa shape index (κ1) is 12.5. The Morgan fingerprint density at radius 3 is 2.60 bits per heavy atom. The van der Waals surface area contributed by atoms with Gasteiger partial charge in [0, 0.05) is 6.42 Å². The first-order valence-electron chi connectivity index (χ1n) is 4.73. The minimum Gasteiger partial charge on any atom is -0.393 e. The second-order valence-corrected chi connectivity index (χ2v) is 4.26. The van der Waals surface area contributed by atoms with Gasteiger partial charge in [-0.3, -0.25) is 0 Å². The number of aliphatic hydroxyl groups is 1. The number of halogens is 3. The molecule has 0 bridgehead atoms. The van der Waals surface area contributed by atoms with Crippen LogP contribution in [-0.2, 0) is 6.42 Å². The van der Waals surface area contributed by atoms with E-state index in [1.807, 2.05) is 16.8 Å². The van der Waals surface area contributed by atoms with Gasteiger partial charge in [-0.25, -0.2) is 0 Å². The number of thiophene rings is 1. The van der Waals surface area contributed by atoms with E-state index in [4.69, 9.17) is 0 Å². The Morgan fingerprint density at radius 1 is 1.33 bits per heavy atom. The van der Waals surface area contributed by atoms with E-state index in [-0.39, 0.29) is 6.42 Å². The van der Waals surface area contributed by atoms with Crippen LogP contribution >= 0.6 is 11.3 Å². The highest BCUT2D eigenvalue weighted by atomic mass is 32.1. The Kier molecular flexibility index (Phi) is 4.60. The first-order chi connectivity index (χ1) is 6.97. The highest BCUT2D eigenvalue weighted by Gasteiger charge is 2.27. The van der Waals surface area contributed by atoms with E-state index >= 15 is 0 Å². The maximum Gasteiger partial charge on any atom is 0.389 e. The van der Waals surface area contributed by atoms with Crippen molar-refractivity contribution in [1.82, 2.24) is 0 Å². The Morgan fingerprint density at radius 2 is 2.07 bits per heavy atom. The van der Waals surface area contributed by atoms with Crippen LogP contribution in [0.2, 0.25) is 0 Å². The predicted octanol–water partition coefficient (Wildman–Crippen LogP) is 3.38. The molecule has 0 aliphatic rings. The molecule has 5 heteroatoms. The van der Waals surface area contributed by atoms with Gasteiger partial charge < -0.3 is 5.11 Å². The van der Waals surface area contributed by atoms with Gasteiger partial charge >= 0.3 is 6.18 Å². The van der Waals surface area contributed by atoms with E-state index in [0.717, 1.165) is 5.56 Å². The summed E-state index contributed by atoms with van der Waals surface area (Å²) in [5.74, 6) is 0. The summed E-state index contributed by atoms with van der Waals surface area (Å²) in [4.78, 5) is 0. The molecule has 1 rings (SSSR count). The topological polar surface area (TPSA) is 20.2 Å². The molecule has 0 aromatic carbocycles. The smallest absolute Gasteiger partial charge is 0.389 e. The van der Waals surface area contributed by atoms with Crippen molar-refractivity contribution >= 4 is 11.3 Å². The number of alkyl halides is 3. The molecular weight excluding hydrogens is 225 g/mol. The summed E-state index contributed by atoms with van der Waals surface area (Å²) in [6.45, 7) is 0. The molecule has 1 aromatic heterocycles. The van der Waals surface area contributed by atoms with Crippen molar-refractivity contribution in [2.75, 3.05) is 0 Å². The van der Waals surface area contributed by atoms with Crippen molar-refractivity contribution in [1.29, 1.82) is 0 Å². The molecule has 0 saturated heterocycles. The Balaban J connectivity index is 2.16. The number of aliphatic hydroxyl groups excluding tert-OH is 1. The predicted molar refractivity (Wildman–Crippen MR) is 53.9 cm³/mol. The van der Waals surface area contributed by atoms with E-state index in [9.17, 15) is 18.3 Å². The van der Waals surface area contributed by atoms with E-state index in [0.29, 0.717) is 12.8 Å². The lowest BCUT2D eigenvalue weighted by molar-refractivity contribution is -0.140. The summed E-state index contributed by atoms with van der Waals surface area (Å²) in [7, 11) is 0. The largest absolute Gasteiger partial charge is 0.393 e. The zero-order valence-electron chi connectivity index (χ0n) is 8.13. The molecule has 0 saturated carbocycles. The second kappa shape index (κ2) is 5.51. The van der Waals surface area contributed by atoms with Crippen molar-refractivity contribution in [3.8, 4) is 0 Å². The molecule has 0 radical (unpaired) electrons. The zero-order chi connectivity index (χ0) is 11.3. The molecule has 1 nitrogen and oxygen atoms in total. The summed E-state index contributed by atoms with van der Waals surface area (Å²) in [5, 5.41) is 13.2. The Labute approximate surface area is 90.6 Å². The van der Waals surface area contributed by atoms with Crippen molar-refractivity contribution < 1.29 is 18.3 Å². The summed E-state index contributed by atoms with van der Waals surface area (Å²) < 4.78 is 35.5. The number of hydrogen-bond acceptors (Lipinski definition) is 2. The van der Waals surface area contributed by atoms with Crippen LogP contribution in [0.15, 0.2) is 16.8 Å². The Bertz CT molecular complexity index is 269. The zero-order valence-corrected chi connectivity index (χ0v) is 8.94. The summed E-state index contributed by atoms with van der Waals surface area (Å²) in [5.41, 5.74) is 1.08.